The number of pyridine rings is 1. The van der Waals surface area contributed by atoms with Crippen LogP contribution in [0, 0.1) is 13.8 Å². The fraction of sp³-hybridized carbons (Fsp3) is 0.154. The summed E-state index contributed by atoms with van der Waals surface area (Å²) in [4.78, 5) is 16.9. The molecule has 7 heteroatoms. The third-order valence-electron chi connectivity index (χ3n) is 2.63. The van der Waals surface area contributed by atoms with E-state index < -0.39 is 0 Å². The molecule has 0 amide bonds. The van der Waals surface area contributed by atoms with E-state index in [1.54, 1.807) is 12.4 Å². The van der Waals surface area contributed by atoms with Crippen LogP contribution in [0.1, 0.15) is 11.4 Å². The van der Waals surface area contributed by atoms with E-state index in [0.29, 0.717) is 17.7 Å². The molecule has 0 atom stereocenters. The van der Waals surface area contributed by atoms with E-state index in [4.69, 9.17) is 0 Å². The van der Waals surface area contributed by atoms with E-state index in [1.165, 1.54) is 0 Å². The van der Waals surface area contributed by atoms with Crippen LogP contribution in [0.3, 0.4) is 0 Å². The summed E-state index contributed by atoms with van der Waals surface area (Å²) in [6, 6.07) is 5.66. The van der Waals surface area contributed by atoms with Gasteiger partial charge >= 0.3 is 0 Å². The molecule has 0 radical (unpaired) electrons. The van der Waals surface area contributed by atoms with Gasteiger partial charge in [0.1, 0.15) is 0 Å². The first-order valence-electron chi connectivity index (χ1n) is 6.13. The molecular formula is C13H13N7. The average molecular weight is 267 g/mol. The van der Waals surface area contributed by atoms with Crippen molar-refractivity contribution in [2.45, 2.75) is 13.8 Å². The Balaban J connectivity index is 1.84. The minimum atomic E-state index is 0.425. The van der Waals surface area contributed by atoms with Crippen LogP contribution >= 0.6 is 0 Å². The molecule has 2 N–H and O–H groups in total. The van der Waals surface area contributed by atoms with Crippen molar-refractivity contribution in [2.75, 3.05) is 5.32 Å². The number of H-pyrrole nitrogens is 1. The highest BCUT2D eigenvalue weighted by Gasteiger charge is 2.07. The highest BCUT2D eigenvalue weighted by atomic mass is 15.3. The molecule has 0 aliphatic heterocycles. The highest BCUT2D eigenvalue weighted by Crippen LogP contribution is 2.15. The van der Waals surface area contributed by atoms with Crippen LogP contribution in [0.4, 0.5) is 11.9 Å². The molecule has 20 heavy (non-hydrogen) atoms. The molecule has 0 aliphatic rings. The average Bonchev–Trinajstić information content (AvgIpc) is 2.87. The largest absolute Gasteiger partial charge is 0.291 e. The Morgan fingerprint density at radius 2 is 1.85 bits per heavy atom. The second kappa shape index (κ2) is 5.04. The highest BCUT2D eigenvalue weighted by molar-refractivity contribution is 5.55. The van der Waals surface area contributed by atoms with E-state index in [1.807, 2.05) is 32.0 Å². The van der Waals surface area contributed by atoms with Crippen molar-refractivity contribution < 1.29 is 0 Å². The zero-order chi connectivity index (χ0) is 13.9. The van der Waals surface area contributed by atoms with Crippen molar-refractivity contribution in [3.63, 3.8) is 0 Å². The Morgan fingerprint density at radius 3 is 2.55 bits per heavy atom. The Bertz CT molecular complexity index is 700. The number of hydrogen-bond donors (Lipinski definition) is 2. The molecule has 0 unspecified atom stereocenters. The van der Waals surface area contributed by atoms with Crippen LogP contribution in [-0.2, 0) is 0 Å². The topological polar surface area (TPSA) is 92.3 Å². The van der Waals surface area contributed by atoms with Crippen molar-refractivity contribution in [2.24, 2.45) is 0 Å². The van der Waals surface area contributed by atoms with E-state index >= 15 is 0 Å². The number of aromatic nitrogens is 6. The van der Waals surface area contributed by atoms with Crippen molar-refractivity contribution in [3.05, 3.63) is 42.0 Å². The van der Waals surface area contributed by atoms with Gasteiger partial charge in [-0.25, -0.2) is 9.97 Å². The van der Waals surface area contributed by atoms with Gasteiger partial charge < -0.3 is 0 Å². The maximum absolute atomic E-state index is 4.34. The predicted molar refractivity (Wildman–Crippen MR) is 74.4 cm³/mol. The van der Waals surface area contributed by atoms with Crippen LogP contribution in [0.2, 0.25) is 0 Å². The monoisotopic (exact) mass is 267 g/mol. The number of hydrogen-bond acceptors (Lipinski definition) is 6. The third kappa shape index (κ3) is 2.61. The summed E-state index contributed by atoms with van der Waals surface area (Å²) in [5.74, 6) is 1.55. The molecule has 3 heterocycles. The molecule has 3 rings (SSSR count). The number of anilines is 2. The van der Waals surface area contributed by atoms with Crippen LogP contribution in [0.5, 0.6) is 0 Å². The Hall–Kier alpha value is -2.83. The molecule has 0 bridgehead atoms. The summed E-state index contributed by atoms with van der Waals surface area (Å²) in [7, 11) is 0. The molecule has 0 aliphatic carbocycles. The molecule has 0 saturated heterocycles. The van der Waals surface area contributed by atoms with Crippen LogP contribution in [-0.4, -0.2) is 30.1 Å². The van der Waals surface area contributed by atoms with Gasteiger partial charge in [0, 0.05) is 29.3 Å². The van der Waals surface area contributed by atoms with Crippen molar-refractivity contribution in [1.29, 1.82) is 0 Å². The van der Waals surface area contributed by atoms with E-state index in [9.17, 15) is 0 Å². The molecule has 3 aromatic rings. The SMILES string of the molecule is Cc1cc(C)nc(Nc2n[nH]c(-c3cccnc3)n2)n1. The quantitative estimate of drug-likeness (QED) is 0.754. The van der Waals surface area contributed by atoms with Gasteiger partial charge in [-0.15, -0.1) is 5.10 Å². The van der Waals surface area contributed by atoms with Crippen molar-refractivity contribution >= 4 is 11.9 Å². The third-order valence-corrected chi connectivity index (χ3v) is 2.63. The first-order valence-corrected chi connectivity index (χ1v) is 6.13. The second-order valence-corrected chi connectivity index (χ2v) is 4.35. The zero-order valence-corrected chi connectivity index (χ0v) is 11.1. The smallest absolute Gasteiger partial charge is 0.249 e. The summed E-state index contributed by atoms with van der Waals surface area (Å²) in [6.45, 7) is 3.83. The van der Waals surface area contributed by atoms with Crippen LogP contribution in [0.15, 0.2) is 30.6 Å². The summed E-state index contributed by atoms with van der Waals surface area (Å²) in [5.41, 5.74) is 2.65. The van der Waals surface area contributed by atoms with Gasteiger partial charge in [0.2, 0.25) is 11.9 Å². The Labute approximate surface area is 115 Å². The number of aromatic amines is 1. The molecule has 7 nitrogen and oxygen atoms in total. The maximum Gasteiger partial charge on any atom is 0.249 e. The molecule has 0 aromatic carbocycles. The second-order valence-electron chi connectivity index (χ2n) is 4.35. The lowest BCUT2D eigenvalue weighted by molar-refractivity contribution is 1.04. The first kappa shape index (κ1) is 12.2. The van der Waals surface area contributed by atoms with E-state index in [-0.39, 0.29) is 0 Å². The number of nitrogens with one attached hydrogen (secondary N) is 2. The Morgan fingerprint density at radius 1 is 1.05 bits per heavy atom. The molecule has 0 saturated carbocycles. The minimum Gasteiger partial charge on any atom is -0.291 e. The number of rotatable bonds is 3. The van der Waals surface area contributed by atoms with Crippen molar-refractivity contribution in [3.8, 4) is 11.4 Å². The lowest BCUT2D eigenvalue weighted by Gasteiger charge is -2.02. The fourth-order valence-corrected chi connectivity index (χ4v) is 1.83. The van der Waals surface area contributed by atoms with Crippen molar-refractivity contribution in [1.82, 2.24) is 30.1 Å². The molecule has 3 aromatic heterocycles. The standard InChI is InChI=1S/C13H13N7/c1-8-6-9(2)16-12(15-8)18-13-17-11(19-20-13)10-4-3-5-14-7-10/h3-7H,1-2H3,(H2,15,16,17,18,19,20). The lowest BCUT2D eigenvalue weighted by Crippen LogP contribution is -2.01. The lowest BCUT2D eigenvalue weighted by atomic mass is 10.3. The van der Waals surface area contributed by atoms with Gasteiger partial charge in [-0.05, 0) is 32.0 Å². The van der Waals surface area contributed by atoms with Gasteiger partial charge in [0.25, 0.3) is 0 Å². The molecule has 0 fully saturated rings. The first-order chi connectivity index (χ1) is 9.70. The van der Waals surface area contributed by atoms with E-state index in [0.717, 1.165) is 17.0 Å². The minimum absolute atomic E-state index is 0.425. The van der Waals surface area contributed by atoms with Gasteiger partial charge in [-0.1, -0.05) is 0 Å². The van der Waals surface area contributed by atoms with Gasteiger partial charge in [0.15, 0.2) is 5.82 Å². The van der Waals surface area contributed by atoms with E-state index in [2.05, 4.69) is 35.5 Å². The molecule has 100 valence electrons. The maximum atomic E-state index is 4.34. The number of nitrogens with zero attached hydrogens (tertiary/aromatic N) is 5. The molecule has 0 spiro atoms. The van der Waals surface area contributed by atoms with Crippen LogP contribution in [0.25, 0.3) is 11.4 Å². The summed E-state index contributed by atoms with van der Waals surface area (Å²) in [5, 5.41) is 9.92. The summed E-state index contributed by atoms with van der Waals surface area (Å²) < 4.78 is 0. The normalized spacial score (nSPS) is 10.5. The summed E-state index contributed by atoms with van der Waals surface area (Å²) >= 11 is 0. The Kier molecular flexibility index (Phi) is 3.08. The van der Waals surface area contributed by atoms with Gasteiger partial charge in [-0.2, -0.15) is 4.98 Å². The van der Waals surface area contributed by atoms with Gasteiger partial charge in [-0.3, -0.25) is 15.4 Å². The summed E-state index contributed by atoms with van der Waals surface area (Å²) in [6.07, 6.45) is 3.43. The zero-order valence-electron chi connectivity index (χ0n) is 11.1. The van der Waals surface area contributed by atoms with Gasteiger partial charge in [0.05, 0.1) is 0 Å². The molecular weight excluding hydrogens is 254 g/mol. The van der Waals surface area contributed by atoms with Crippen LogP contribution < -0.4 is 5.32 Å². The number of aryl methyl sites for hydroxylation is 2. The predicted octanol–water partition coefficient (Wildman–Crippen LogP) is 2.02. The fourth-order valence-electron chi connectivity index (χ4n) is 1.83.